The van der Waals surface area contributed by atoms with Gasteiger partial charge in [0.15, 0.2) is 0 Å². The highest BCUT2D eigenvalue weighted by molar-refractivity contribution is 5.30. The zero-order valence-electron chi connectivity index (χ0n) is 8.28. The summed E-state index contributed by atoms with van der Waals surface area (Å²) in [5, 5.41) is 21.6. The van der Waals surface area contributed by atoms with Crippen LogP contribution >= 0.6 is 0 Å². The first-order valence-electron chi connectivity index (χ1n) is 5.05. The van der Waals surface area contributed by atoms with E-state index in [1.807, 2.05) is 0 Å². The first-order valence-corrected chi connectivity index (χ1v) is 5.05. The number of phenolic OH excluding ortho intramolecular Hbond substituents is 1. The average Bonchev–Trinajstić information content (AvgIpc) is 2.96. The maximum atomic E-state index is 13.0. The molecule has 0 aliphatic heterocycles. The van der Waals surface area contributed by atoms with Crippen molar-refractivity contribution in [3.63, 3.8) is 0 Å². The Morgan fingerprint density at radius 1 is 1.40 bits per heavy atom. The van der Waals surface area contributed by atoms with Gasteiger partial charge in [-0.15, -0.1) is 0 Å². The Balaban J connectivity index is 2.16. The van der Waals surface area contributed by atoms with Crippen molar-refractivity contribution in [1.82, 2.24) is 5.32 Å². The zero-order chi connectivity index (χ0) is 10.8. The van der Waals surface area contributed by atoms with Gasteiger partial charge in [-0.05, 0) is 30.5 Å². The molecule has 0 amide bonds. The van der Waals surface area contributed by atoms with Crippen LogP contribution in [0.25, 0.3) is 0 Å². The van der Waals surface area contributed by atoms with Gasteiger partial charge >= 0.3 is 0 Å². The van der Waals surface area contributed by atoms with Crippen molar-refractivity contribution in [2.75, 3.05) is 6.61 Å². The molecule has 0 spiro atoms. The van der Waals surface area contributed by atoms with E-state index in [0.29, 0.717) is 11.6 Å². The van der Waals surface area contributed by atoms with E-state index in [1.165, 1.54) is 12.1 Å². The second kappa shape index (κ2) is 4.16. The van der Waals surface area contributed by atoms with E-state index in [4.69, 9.17) is 0 Å². The van der Waals surface area contributed by atoms with Crippen LogP contribution in [0.4, 0.5) is 4.39 Å². The molecule has 1 unspecified atom stereocenters. The van der Waals surface area contributed by atoms with Gasteiger partial charge in [0.05, 0.1) is 12.6 Å². The largest absolute Gasteiger partial charge is 0.508 e. The van der Waals surface area contributed by atoms with Crippen molar-refractivity contribution in [1.29, 1.82) is 0 Å². The Morgan fingerprint density at radius 2 is 2.13 bits per heavy atom. The summed E-state index contributed by atoms with van der Waals surface area (Å²) in [6.45, 7) is -0.0978. The molecular weight excluding hydrogens is 197 g/mol. The molecule has 2 rings (SSSR count). The summed E-state index contributed by atoms with van der Waals surface area (Å²) in [4.78, 5) is 0. The first kappa shape index (κ1) is 10.4. The van der Waals surface area contributed by atoms with E-state index >= 15 is 0 Å². The smallest absolute Gasteiger partial charge is 0.127 e. The van der Waals surface area contributed by atoms with Crippen LogP contribution in [0.15, 0.2) is 18.2 Å². The molecule has 4 heteroatoms. The summed E-state index contributed by atoms with van der Waals surface area (Å²) in [5.41, 5.74) is 0.585. The van der Waals surface area contributed by atoms with Gasteiger partial charge in [-0.25, -0.2) is 4.39 Å². The quantitative estimate of drug-likeness (QED) is 0.704. The van der Waals surface area contributed by atoms with Crippen LogP contribution in [-0.2, 0) is 0 Å². The Kier molecular flexibility index (Phi) is 2.88. The lowest BCUT2D eigenvalue weighted by Gasteiger charge is -2.16. The number of nitrogens with one attached hydrogen (secondary N) is 1. The average molecular weight is 211 g/mol. The summed E-state index contributed by atoms with van der Waals surface area (Å²) in [6, 6.07) is 3.98. The highest BCUT2D eigenvalue weighted by Crippen LogP contribution is 2.26. The van der Waals surface area contributed by atoms with Gasteiger partial charge < -0.3 is 15.5 Å². The van der Waals surface area contributed by atoms with Gasteiger partial charge in [0.25, 0.3) is 0 Å². The fraction of sp³-hybridized carbons (Fsp3) is 0.455. The van der Waals surface area contributed by atoms with Crippen molar-refractivity contribution < 1.29 is 14.6 Å². The first-order chi connectivity index (χ1) is 7.19. The highest BCUT2D eigenvalue weighted by atomic mass is 19.1. The van der Waals surface area contributed by atoms with E-state index in [2.05, 4.69) is 5.32 Å². The van der Waals surface area contributed by atoms with E-state index in [-0.39, 0.29) is 18.4 Å². The zero-order valence-corrected chi connectivity index (χ0v) is 8.28. The van der Waals surface area contributed by atoms with Crippen LogP contribution < -0.4 is 5.32 Å². The lowest BCUT2D eigenvalue weighted by molar-refractivity contribution is 0.243. The number of aromatic hydroxyl groups is 1. The predicted molar refractivity (Wildman–Crippen MR) is 54.0 cm³/mol. The van der Waals surface area contributed by atoms with Crippen LogP contribution in [0.3, 0.4) is 0 Å². The molecule has 1 aliphatic rings. The Morgan fingerprint density at radius 3 is 2.67 bits per heavy atom. The summed E-state index contributed by atoms with van der Waals surface area (Å²) < 4.78 is 13.0. The second-order valence-corrected chi connectivity index (χ2v) is 3.92. The molecular formula is C11H14FNO2. The van der Waals surface area contributed by atoms with Gasteiger partial charge in [0.2, 0.25) is 0 Å². The Labute approximate surface area is 87.6 Å². The van der Waals surface area contributed by atoms with Gasteiger partial charge in [-0.2, -0.15) is 0 Å². The number of hydrogen-bond donors (Lipinski definition) is 3. The standard InChI is InChI=1S/C11H14FNO2/c12-8-3-7(4-10(15)5-8)11(6-14)13-9-1-2-9/h3-5,9,11,13-15H,1-2,6H2. The predicted octanol–water partition coefficient (Wildman–Crippen LogP) is 1.32. The number of aliphatic hydroxyl groups excluding tert-OH is 1. The van der Waals surface area contributed by atoms with Crippen LogP contribution in [0, 0.1) is 5.82 Å². The molecule has 0 saturated heterocycles. The van der Waals surface area contributed by atoms with E-state index in [0.717, 1.165) is 18.9 Å². The van der Waals surface area contributed by atoms with Gasteiger partial charge in [-0.3, -0.25) is 0 Å². The molecule has 3 N–H and O–H groups in total. The molecule has 0 bridgehead atoms. The molecule has 82 valence electrons. The number of phenols is 1. The SMILES string of the molecule is OCC(NC1CC1)c1cc(O)cc(F)c1. The van der Waals surface area contributed by atoms with Gasteiger partial charge in [0, 0.05) is 12.1 Å². The van der Waals surface area contributed by atoms with Crippen molar-refractivity contribution in [3.05, 3.63) is 29.6 Å². The molecule has 0 heterocycles. The number of halogens is 1. The molecule has 1 fully saturated rings. The summed E-state index contributed by atoms with van der Waals surface area (Å²) >= 11 is 0. The fourth-order valence-electron chi connectivity index (χ4n) is 1.59. The van der Waals surface area contributed by atoms with Crippen molar-refractivity contribution in [3.8, 4) is 5.75 Å². The lowest BCUT2D eigenvalue weighted by Crippen LogP contribution is -2.26. The topological polar surface area (TPSA) is 52.5 Å². The summed E-state index contributed by atoms with van der Waals surface area (Å²) in [7, 11) is 0. The molecule has 1 saturated carbocycles. The summed E-state index contributed by atoms with van der Waals surface area (Å²) in [5.74, 6) is -0.595. The number of benzene rings is 1. The minimum absolute atomic E-state index is 0.0978. The molecule has 3 nitrogen and oxygen atoms in total. The van der Waals surface area contributed by atoms with E-state index < -0.39 is 5.82 Å². The van der Waals surface area contributed by atoms with Crippen LogP contribution in [0.5, 0.6) is 5.75 Å². The Bertz CT molecular complexity index is 332. The number of rotatable bonds is 4. The van der Waals surface area contributed by atoms with Gasteiger partial charge in [-0.1, -0.05) is 0 Å². The van der Waals surface area contributed by atoms with Crippen LogP contribution in [0.2, 0.25) is 0 Å². The molecule has 1 atom stereocenters. The fourth-order valence-corrected chi connectivity index (χ4v) is 1.59. The van der Waals surface area contributed by atoms with E-state index in [9.17, 15) is 14.6 Å². The third-order valence-corrected chi connectivity index (χ3v) is 2.50. The third-order valence-electron chi connectivity index (χ3n) is 2.50. The molecule has 0 aromatic heterocycles. The highest BCUT2D eigenvalue weighted by Gasteiger charge is 2.25. The normalized spacial score (nSPS) is 17.7. The van der Waals surface area contributed by atoms with Crippen molar-refractivity contribution >= 4 is 0 Å². The lowest BCUT2D eigenvalue weighted by atomic mass is 10.1. The van der Waals surface area contributed by atoms with Crippen LogP contribution in [-0.4, -0.2) is 22.9 Å². The Hall–Kier alpha value is -1.13. The maximum absolute atomic E-state index is 13.0. The second-order valence-electron chi connectivity index (χ2n) is 3.92. The van der Waals surface area contributed by atoms with E-state index in [1.54, 1.807) is 0 Å². The molecule has 0 radical (unpaired) electrons. The molecule has 1 aromatic carbocycles. The number of aliphatic hydroxyl groups is 1. The monoisotopic (exact) mass is 211 g/mol. The maximum Gasteiger partial charge on any atom is 0.127 e. The molecule has 15 heavy (non-hydrogen) atoms. The summed E-state index contributed by atoms with van der Waals surface area (Å²) in [6.07, 6.45) is 2.19. The van der Waals surface area contributed by atoms with Crippen LogP contribution in [0.1, 0.15) is 24.4 Å². The molecule has 1 aliphatic carbocycles. The molecule has 1 aromatic rings. The minimum atomic E-state index is -0.485. The number of hydrogen-bond acceptors (Lipinski definition) is 3. The third kappa shape index (κ3) is 2.67. The van der Waals surface area contributed by atoms with Crippen molar-refractivity contribution in [2.24, 2.45) is 0 Å². The van der Waals surface area contributed by atoms with Crippen molar-refractivity contribution in [2.45, 2.75) is 24.9 Å². The minimum Gasteiger partial charge on any atom is -0.508 e. The van der Waals surface area contributed by atoms with Gasteiger partial charge in [0.1, 0.15) is 11.6 Å².